The second-order valence-corrected chi connectivity index (χ2v) is 7.37. The minimum Gasteiger partial charge on any atom is -0.392 e. The van der Waals surface area contributed by atoms with Gasteiger partial charge >= 0.3 is 0 Å². The predicted molar refractivity (Wildman–Crippen MR) is 100 cm³/mol. The van der Waals surface area contributed by atoms with Crippen LogP contribution in [-0.2, 0) is 6.61 Å². The van der Waals surface area contributed by atoms with Gasteiger partial charge in [0.2, 0.25) is 0 Å². The first-order valence-corrected chi connectivity index (χ1v) is 8.86. The largest absolute Gasteiger partial charge is 0.392 e. The summed E-state index contributed by atoms with van der Waals surface area (Å²) in [5, 5.41) is 25.3. The highest BCUT2D eigenvalue weighted by atomic mass is 35.5. The van der Waals surface area contributed by atoms with Gasteiger partial charge in [-0.1, -0.05) is 48.0 Å². The molecule has 3 aromatic rings. The SMILES string of the molecule is CC1=C(Cl)C(O)c2c(sc3cc(-c4ccc(CO)cc4)ccc23)N1. The van der Waals surface area contributed by atoms with E-state index in [4.69, 9.17) is 16.7 Å². The zero-order valence-electron chi connectivity index (χ0n) is 13.0. The van der Waals surface area contributed by atoms with E-state index in [9.17, 15) is 5.11 Å². The molecule has 2 aromatic carbocycles. The first-order chi connectivity index (χ1) is 11.6. The molecule has 3 nitrogen and oxygen atoms in total. The molecular formula is C19H16ClNO2S. The van der Waals surface area contributed by atoms with Gasteiger partial charge in [-0.3, -0.25) is 0 Å². The van der Waals surface area contributed by atoms with Crippen LogP contribution in [0.25, 0.3) is 21.2 Å². The van der Waals surface area contributed by atoms with E-state index in [0.717, 1.165) is 43.0 Å². The Labute approximate surface area is 148 Å². The second kappa shape index (κ2) is 5.90. The number of halogens is 1. The molecule has 0 bridgehead atoms. The molecule has 0 radical (unpaired) electrons. The first kappa shape index (κ1) is 15.7. The maximum atomic E-state index is 10.5. The Hall–Kier alpha value is -1.85. The molecule has 3 N–H and O–H groups in total. The maximum Gasteiger partial charge on any atom is 0.120 e. The van der Waals surface area contributed by atoms with Crippen LogP contribution in [0.2, 0.25) is 0 Å². The van der Waals surface area contributed by atoms with Crippen molar-refractivity contribution < 1.29 is 10.2 Å². The molecule has 1 aromatic heterocycles. The molecule has 0 fully saturated rings. The minimum atomic E-state index is -0.772. The number of allylic oxidation sites excluding steroid dienone is 1. The number of benzene rings is 2. The smallest absolute Gasteiger partial charge is 0.120 e. The lowest BCUT2D eigenvalue weighted by Crippen LogP contribution is -2.11. The molecule has 122 valence electrons. The van der Waals surface area contributed by atoms with Crippen LogP contribution in [0.3, 0.4) is 0 Å². The summed E-state index contributed by atoms with van der Waals surface area (Å²) in [6.45, 7) is 1.92. The summed E-state index contributed by atoms with van der Waals surface area (Å²) in [5.74, 6) is 0. The van der Waals surface area contributed by atoms with Gasteiger partial charge in [0.15, 0.2) is 0 Å². The van der Waals surface area contributed by atoms with Gasteiger partial charge in [0.1, 0.15) is 6.10 Å². The summed E-state index contributed by atoms with van der Waals surface area (Å²) in [6.07, 6.45) is -0.772. The fourth-order valence-electron chi connectivity index (χ4n) is 3.02. The van der Waals surface area contributed by atoms with Crippen LogP contribution in [0.15, 0.2) is 53.2 Å². The molecule has 2 heterocycles. The van der Waals surface area contributed by atoms with Gasteiger partial charge in [-0.05, 0) is 29.7 Å². The van der Waals surface area contributed by atoms with Gasteiger partial charge in [0.25, 0.3) is 0 Å². The second-order valence-electron chi connectivity index (χ2n) is 5.91. The fraction of sp³-hybridized carbons (Fsp3) is 0.158. The summed E-state index contributed by atoms with van der Waals surface area (Å²) in [5.41, 5.74) is 4.75. The number of fused-ring (bicyclic) bond motifs is 3. The number of rotatable bonds is 2. The molecule has 0 spiro atoms. The number of hydrogen-bond acceptors (Lipinski definition) is 4. The monoisotopic (exact) mass is 357 g/mol. The highest BCUT2D eigenvalue weighted by Gasteiger charge is 2.27. The number of hydrogen-bond donors (Lipinski definition) is 3. The van der Waals surface area contributed by atoms with Crippen molar-refractivity contribution >= 4 is 38.0 Å². The van der Waals surface area contributed by atoms with Crippen molar-refractivity contribution in [2.75, 3.05) is 5.32 Å². The Morgan fingerprint density at radius 3 is 2.54 bits per heavy atom. The van der Waals surface area contributed by atoms with E-state index in [0.29, 0.717) is 5.03 Å². The lowest BCUT2D eigenvalue weighted by molar-refractivity contribution is 0.224. The summed E-state index contributed by atoms with van der Waals surface area (Å²) in [6, 6.07) is 14.1. The highest BCUT2D eigenvalue weighted by molar-refractivity contribution is 7.23. The van der Waals surface area contributed by atoms with Crippen LogP contribution in [0.5, 0.6) is 0 Å². The molecular weight excluding hydrogens is 342 g/mol. The van der Waals surface area contributed by atoms with Crippen LogP contribution >= 0.6 is 22.9 Å². The Balaban J connectivity index is 1.80. The third kappa shape index (κ3) is 2.43. The Bertz CT molecular complexity index is 959. The Kier molecular flexibility index (Phi) is 3.85. The summed E-state index contributed by atoms with van der Waals surface area (Å²) in [7, 11) is 0. The van der Waals surface area contributed by atoms with Crippen molar-refractivity contribution in [1.82, 2.24) is 0 Å². The van der Waals surface area contributed by atoms with Crippen molar-refractivity contribution in [2.24, 2.45) is 0 Å². The van der Waals surface area contributed by atoms with E-state index >= 15 is 0 Å². The van der Waals surface area contributed by atoms with Crippen molar-refractivity contribution in [3.05, 3.63) is 64.3 Å². The van der Waals surface area contributed by atoms with Gasteiger partial charge in [0, 0.05) is 21.3 Å². The summed E-state index contributed by atoms with van der Waals surface area (Å²) in [4.78, 5) is 0. The maximum absolute atomic E-state index is 10.5. The molecule has 0 saturated carbocycles. The molecule has 5 heteroatoms. The quantitative estimate of drug-likeness (QED) is 0.605. The van der Waals surface area contributed by atoms with Crippen molar-refractivity contribution in [1.29, 1.82) is 0 Å². The average molecular weight is 358 g/mol. The van der Waals surface area contributed by atoms with Crippen LogP contribution in [0.1, 0.15) is 24.2 Å². The average Bonchev–Trinajstić information content (AvgIpc) is 2.97. The van der Waals surface area contributed by atoms with Gasteiger partial charge in [-0.2, -0.15) is 0 Å². The van der Waals surface area contributed by atoms with Crippen LogP contribution in [0.4, 0.5) is 5.00 Å². The molecule has 1 aliphatic rings. The van der Waals surface area contributed by atoms with Crippen molar-refractivity contribution in [3.63, 3.8) is 0 Å². The molecule has 1 unspecified atom stereocenters. The van der Waals surface area contributed by atoms with E-state index in [1.165, 1.54) is 0 Å². The molecule has 0 saturated heterocycles. The molecule has 24 heavy (non-hydrogen) atoms. The number of aliphatic hydroxyl groups is 2. The fourth-order valence-corrected chi connectivity index (χ4v) is 4.41. The molecule has 4 rings (SSSR count). The third-order valence-electron chi connectivity index (χ3n) is 4.37. The Morgan fingerprint density at radius 1 is 1.12 bits per heavy atom. The molecule has 0 aliphatic carbocycles. The predicted octanol–water partition coefficient (Wildman–Crippen LogP) is 4.99. The van der Waals surface area contributed by atoms with E-state index in [2.05, 4.69) is 17.4 Å². The van der Waals surface area contributed by atoms with E-state index in [1.807, 2.05) is 37.3 Å². The van der Waals surface area contributed by atoms with Gasteiger partial charge in [-0.25, -0.2) is 0 Å². The van der Waals surface area contributed by atoms with Gasteiger partial charge in [0.05, 0.1) is 16.6 Å². The number of anilines is 1. The lowest BCUT2D eigenvalue weighted by atomic mass is 9.99. The van der Waals surface area contributed by atoms with Crippen LogP contribution in [-0.4, -0.2) is 10.2 Å². The zero-order valence-corrected chi connectivity index (χ0v) is 14.6. The van der Waals surface area contributed by atoms with Gasteiger partial charge < -0.3 is 15.5 Å². The topological polar surface area (TPSA) is 52.5 Å². The highest BCUT2D eigenvalue weighted by Crippen LogP contribution is 2.47. The summed E-state index contributed by atoms with van der Waals surface area (Å²) < 4.78 is 1.11. The van der Waals surface area contributed by atoms with Crippen molar-refractivity contribution in [2.45, 2.75) is 19.6 Å². The van der Waals surface area contributed by atoms with E-state index in [-0.39, 0.29) is 6.61 Å². The van der Waals surface area contributed by atoms with E-state index in [1.54, 1.807) is 11.3 Å². The van der Waals surface area contributed by atoms with E-state index < -0.39 is 6.10 Å². The van der Waals surface area contributed by atoms with Crippen LogP contribution in [0, 0.1) is 0 Å². The lowest BCUT2D eigenvalue weighted by Gasteiger charge is -2.21. The molecule has 1 aliphatic heterocycles. The van der Waals surface area contributed by atoms with Gasteiger partial charge in [-0.15, -0.1) is 11.3 Å². The third-order valence-corrected chi connectivity index (χ3v) is 5.95. The normalized spacial score (nSPS) is 17.1. The number of thiophene rings is 1. The van der Waals surface area contributed by atoms with Crippen LogP contribution < -0.4 is 5.32 Å². The number of aliphatic hydroxyl groups excluding tert-OH is 2. The zero-order chi connectivity index (χ0) is 16.8. The standard InChI is InChI=1S/C19H16ClNO2S/c1-10-17(20)18(23)16-14-7-6-13(8-15(14)24-19(16)21-10)12-4-2-11(9-22)3-5-12/h2-8,18,21-23H,9H2,1H3. The molecule has 1 atom stereocenters. The minimum absolute atomic E-state index is 0.0492. The first-order valence-electron chi connectivity index (χ1n) is 7.66. The number of nitrogens with one attached hydrogen (secondary N) is 1. The summed E-state index contributed by atoms with van der Waals surface area (Å²) >= 11 is 7.83. The Morgan fingerprint density at radius 2 is 1.83 bits per heavy atom. The van der Waals surface area contributed by atoms with Crippen molar-refractivity contribution in [3.8, 4) is 11.1 Å². The molecule has 0 amide bonds.